The lowest BCUT2D eigenvalue weighted by Crippen LogP contribution is -1.80. The van der Waals surface area contributed by atoms with Crippen LogP contribution in [0.3, 0.4) is 0 Å². The van der Waals surface area contributed by atoms with E-state index in [-0.39, 0.29) is 0 Å². The fourth-order valence-electron chi connectivity index (χ4n) is 1.66. The zero-order valence-electron chi connectivity index (χ0n) is 8.78. The number of aryl methyl sites for hydroxylation is 2. The van der Waals surface area contributed by atoms with Gasteiger partial charge in [-0.15, -0.1) is 11.3 Å². The monoisotopic (exact) mass is 216 g/mol. The van der Waals surface area contributed by atoms with Crippen LogP contribution in [0.1, 0.15) is 20.8 Å². The van der Waals surface area contributed by atoms with Crippen LogP contribution in [-0.2, 0) is 0 Å². The number of benzene rings is 1. The van der Waals surface area contributed by atoms with Gasteiger partial charge in [0.05, 0.1) is 4.88 Å². The first-order valence-corrected chi connectivity index (χ1v) is 5.65. The zero-order valence-corrected chi connectivity index (χ0v) is 9.60. The van der Waals surface area contributed by atoms with E-state index in [0.717, 1.165) is 11.2 Å². The van der Waals surface area contributed by atoms with Crippen molar-refractivity contribution in [1.82, 2.24) is 0 Å². The van der Waals surface area contributed by atoms with Crippen molar-refractivity contribution in [3.05, 3.63) is 46.3 Å². The number of thiophene rings is 1. The smallest absolute Gasteiger partial charge is 0.160 e. The normalized spacial score (nSPS) is 10.3. The van der Waals surface area contributed by atoms with Crippen molar-refractivity contribution in [2.24, 2.45) is 0 Å². The summed E-state index contributed by atoms with van der Waals surface area (Å²) in [6, 6.07) is 10.2. The van der Waals surface area contributed by atoms with Crippen LogP contribution in [0.2, 0.25) is 0 Å². The van der Waals surface area contributed by atoms with E-state index < -0.39 is 0 Å². The Kier molecular flexibility index (Phi) is 2.69. The van der Waals surface area contributed by atoms with Gasteiger partial charge in [0.25, 0.3) is 0 Å². The first-order valence-electron chi connectivity index (χ1n) is 4.84. The van der Waals surface area contributed by atoms with Crippen molar-refractivity contribution in [1.29, 1.82) is 0 Å². The molecule has 0 fully saturated rings. The predicted octanol–water partition coefficient (Wildman–Crippen LogP) is 3.84. The maximum Gasteiger partial charge on any atom is 0.160 e. The SMILES string of the molecule is Cc1ccccc1-c1sc(C=O)cc1C. The molecule has 0 spiro atoms. The quantitative estimate of drug-likeness (QED) is 0.697. The first kappa shape index (κ1) is 10.1. The Morgan fingerprint density at radius 1 is 1.13 bits per heavy atom. The molecular formula is C13H12OS. The fraction of sp³-hybridized carbons (Fsp3) is 0.154. The molecule has 0 radical (unpaired) electrons. The van der Waals surface area contributed by atoms with E-state index in [0.29, 0.717) is 0 Å². The molecule has 0 aliphatic rings. The van der Waals surface area contributed by atoms with Gasteiger partial charge in [0.2, 0.25) is 0 Å². The van der Waals surface area contributed by atoms with E-state index in [9.17, 15) is 4.79 Å². The molecular weight excluding hydrogens is 204 g/mol. The van der Waals surface area contributed by atoms with E-state index in [2.05, 4.69) is 19.1 Å². The van der Waals surface area contributed by atoms with Crippen LogP contribution in [0, 0.1) is 13.8 Å². The van der Waals surface area contributed by atoms with Crippen molar-refractivity contribution in [2.75, 3.05) is 0 Å². The van der Waals surface area contributed by atoms with Crippen LogP contribution in [0.15, 0.2) is 30.3 Å². The van der Waals surface area contributed by atoms with Gasteiger partial charge in [-0.3, -0.25) is 4.79 Å². The van der Waals surface area contributed by atoms with Crippen LogP contribution >= 0.6 is 11.3 Å². The van der Waals surface area contributed by atoms with Gasteiger partial charge >= 0.3 is 0 Å². The van der Waals surface area contributed by atoms with Crippen LogP contribution in [-0.4, -0.2) is 6.29 Å². The second kappa shape index (κ2) is 3.99. The molecule has 0 bridgehead atoms. The van der Waals surface area contributed by atoms with Crippen LogP contribution in [0.4, 0.5) is 0 Å². The van der Waals surface area contributed by atoms with Crippen LogP contribution < -0.4 is 0 Å². The second-order valence-corrected chi connectivity index (χ2v) is 4.68. The molecule has 0 amide bonds. The predicted molar refractivity (Wildman–Crippen MR) is 64.6 cm³/mol. The van der Waals surface area contributed by atoms with Gasteiger partial charge in [0.15, 0.2) is 6.29 Å². The number of carbonyl (C=O) groups excluding carboxylic acids is 1. The molecule has 15 heavy (non-hydrogen) atoms. The second-order valence-electron chi connectivity index (χ2n) is 3.59. The minimum atomic E-state index is 0.797. The summed E-state index contributed by atoms with van der Waals surface area (Å²) in [6.45, 7) is 4.14. The van der Waals surface area contributed by atoms with Gasteiger partial charge in [0.1, 0.15) is 0 Å². The summed E-state index contributed by atoms with van der Waals surface area (Å²) in [6.07, 6.45) is 0.916. The first-order chi connectivity index (χ1) is 7.22. The van der Waals surface area contributed by atoms with E-state index in [1.54, 1.807) is 11.3 Å². The number of rotatable bonds is 2. The van der Waals surface area contributed by atoms with Gasteiger partial charge in [0, 0.05) is 4.88 Å². The minimum Gasteiger partial charge on any atom is -0.297 e. The number of hydrogen-bond donors (Lipinski definition) is 0. The van der Waals surface area contributed by atoms with Crippen molar-refractivity contribution >= 4 is 17.6 Å². The molecule has 1 aromatic carbocycles. The third-order valence-corrected chi connectivity index (χ3v) is 3.64. The lowest BCUT2D eigenvalue weighted by Gasteiger charge is -2.03. The van der Waals surface area contributed by atoms with Gasteiger partial charge in [-0.05, 0) is 36.6 Å². The Hall–Kier alpha value is -1.41. The van der Waals surface area contributed by atoms with E-state index >= 15 is 0 Å². The third-order valence-electron chi connectivity index (χ3n) is 2.44. The summed E-state index contributed by atoms with van der Waals surface area (Å²) in [5.74, 6) is 0. The van der Waals surface area contributed by atoms with Gasteiger partial charge in [-0.1, -0.05) is 24.3 Å². The Balaban J connectivity index is 2.58. The van der Waals surface area contributed by atoms with Crippen LogP contribution in [0.5, 0.6) is 0 Å². The molecule has 2 rings (SSSR count). The van der Waals surface area contributed by atoms with E-state index in [1.807, 2.05) is 25.1 Å². The molecule has 1 aromatic heterocycles. The summed E-state index contributed by atoms with van der Waals surface area (Å²) in [5.41, 5.74) is 3.66. The van der Waals surface area contributed by atoms with Crippen molar-refractivity contribution in [3.63, 3.8) is 0 Å². The highest BCUT2D eigenvalue weighted by Gasteiger charge is 2.08. The Labute approximate surface area is 93.4 Å². The molecule has 0 unspecified atom stereocenters. The van der Waals surface area contributed by atoms with Crippen LogP contribution in [0.25, 0.3) is 10.4 Å². The number of carbonyl (C=O) groups is 1. The lowest BCUT2D eigenvalue weighted by molar-refractivity contribution is 0.112. The highest BCUT2D eigenvalue weighted by molar-refractivity contribution is 7.17. The number of hydrogen-bond acceptors (Lipinski definition) is 2. The average molecular weight is 216 g/mol. The third kappa shape index (κ3) is 1.85. The van der Waals surface area contributed by atoms with Crippen molar-refractivity contribution in [3.8, 4) is 10.4 Å². The van der Waals surface area contributed by atoms with Crippen molar-refractivity contribution < 1.29 is 4.79 Å². The molecule has 76 valence electrons. The van der Waals surface area contributed by atoms with E-state index in [1.165, 1.54) is 21.6 Å². The molecule has 2 aromatic rings. The van der Waals surface area contributed by atoms with Crippen molar-refractivity contribution in [2.45, 2.75) is 13.8 Å². The lowest BCUT2D eigenvalue weighted by atomic mass is 10.1. The van der Waals surface area contributed by atoms with Gasteiger partial charge in [-0.2, -0.15) is 0 Å². The Morgan fingerprint density at radius 2 is 1.87 bits per heavy atom. The molecule has 0 atom stereocenters. The Bertz CT molecular complexity index is 497. The molecule has 0 aliphatic heterocycles. The molecule has 0 saturated heterocycles. The fourth-order valence-corrected chi connectivity index (χ4v) is 2.74. The molecule has 2 heteroatoms. The number of aldehydes is 1. The zero-order chi connectivity index (χ0) is 10.8. The molecule has 1 heterocycles. The summed E-state index contributed by atoms with van der Waals surface area (Å²) >= 11 is 1.56. The highest BCUT2D eigenvalue weighted by atomic mass is 32.1. The van der Waals surface area contributed by atoms with E-state index in [4.69, 9.17) is 0 Å². The molecule has 0 saturated carbocycles. The Morgan fingerprint density at radius 3 is 2.47 bits per heavy atom. The summed E-state index contributed by atoms with van der Waals surface area (Å²) < 4.78 is 0. The standard InChI is InChI=1S/C13H12OS/c1-9-5-3-4-6-12(9)13-10(2)7-11(8-14)15-13/h3-8H,1-2H3. The topological polar surface area (TPSA) is 17.1 Å². The maximum absolute atomic E-state index is 10.7. The van der Waals surface area contributed by atoms with Gasteiger partial charge < -0.3 is 0 Å². The molecule has 0 aliphatic carbocycles. The van der Waals surface area contributed by atoms with Gasteiger partial charge in [-0.25, -0.2) is 0 Å². The largest absolute Gasteiger partial charge is 0.297 e. The maximum atomic E-state index is 10.7. The molecule has 1 nitrogen and oxygen atoms in total. The summed E-state index contributed by atoms with van der Waals surface area (Å²) in [4.78, 5) is 12.7. The molecule has 0 N–H and O–H groups in total. The summed E-state index contributed by atoms with van der Waals surface area (Å²) in [5, 5.41) is 0. The average Bonchev–Trinajstić information content (AvgIpc) is 2.60. The summed E-state index contributed by atoms with van der Waals surface area (Å²) in [7, 11) is 0. The highest BCUT2D eigenvalue weighted by Crippen LogP contribution is 2.33. The minimum absolute atomic E-state index is 0.797.